The van der Waals surface area contributed by atoms with E-state index in [2.05, 4.69) is 15.1 Å². The number of thioether (sulfide) groups is 1. The molecule has 0 atom stereocenters. The van der Waals surface area contributed by atoms with Crippen molar-refractivity contribution in [1.29, 1.82) is 5.41 Å². The number of benzene rings is 1. The lowest BCUT2D eigenvalue weighted by atomic mass is 10.1. The van der Waals surface area contributed by atoms with Crippen LogP contribution >= 0.6 is 11.8 Å². The second-order valence-corrected chi connectivity index (χ2v) is 6.17. The normalized spacial score (nSPS) is 18.3. The van der Waals surface area contributed by atoms with Crippen molar-refractivity contribution in [2.75, 3.05) is 0 Å². The molecule has 0 bridgehead atoms. The number of rotatable bonds is 2. The Morgan fingerprint density at radius 3 is 2.56 bits per heavy atom. The van der Waals surface area contributed by atoms with Crippen LogP contribution in [-0.2, 0) is 4.79 Å². The average molecular weight is 351 g/mol. The number of hydrogen-bond donors (Lipinski definition) is 1. The quantitative estimate of drug-likeness (QED) is 0.844. The van der Waals surface area contributed by atoms with Gasteiger partial charge in [0.15, 0.2) is 5.84 Å². The second kappa shape index (κ2) is 6.06. The fourth-order valence-electron chi connectivity index (χ4n) is 2.33. The summed E-state index contributed by atoms with van der Waals surface area (Å²) in [5.74, 6) is -0.940. The number of carbonyl (C=O) groups is 1. The number of aromatic nitrogens is 1. The third-order valence-corrected chi connectivity index (χ3v) is 4.52. The number of nitrogens with zero attached hydrogens (tertiary/aromatic N) is 4. The molecule has 0 spiro atoms. The number of halogens is 1. The maximum atomic E-state index is 13.0. The number of aliphatic imine (C=N–C) groups is 1. The van der Waals surface area contributed by atoms with E-state index in [1.165, 1.54) is 47.1 Å². The lowest BCUT2D eigenvalue weighted by Gasteiger charge is -2.20. The Labute approximate surface area is 146 Å². The predicted molar refractivity (Wildman–Crippen MR) is 94.7 cm³/mol. The lowest BCUT2D eigenvalue weighted by Crippen LogP contribution is -2.35. The van der Waals surface area contributed by atoms with Crippen LogP contribution in [0.2, 0.25) is 0 Å². The standard InChI is InChI=1S/C17H10FN5OS/c18-12-3-1-10(2-4-12)9-13-14(19)23-17(21-15(13)24)25-16(22-23)11-5-7-20-8-6-11/h1-9,19H. The second-order valence-electron chi connectivity index (χ2n) is 5.21. The minimum Gasteiger partial charge on any atom is -0.282 e. The molecule has 0 aliphatic carbocycles. The van der Waals surface area contributed by atoms with Crippen molar-refractivity contribution in [3.8, 4) is 0 Å². The van der Waals surface area contributed by atoms with Gasteiger partial charge in [0.25, 0.3) is 5.91 Å². The highest BCUT2D eigenvalue weighted by Gasteiger charge is 2.35. The largest absolute Gasteiger partial charge is 0.283 e. The molecule has 4 rings (SSSR count). The van der Waals surface area contributed by atoms with Crippen LogP contribution in [0.5, 0.6) is 0 Å². The minimum atomic E-state index is -0.515. The number of amidine groups is 2. The fraction of sp³-hybridized carbons (Fsp3) is 0. The van der Waals surface area contributed by atoms with Crippen LogP contribution in [0, 0.1) is 11.2 Å². The van der Waals surface area contributed by atoms with E-state index in [0.29, 0.717) is 15.8 Å². The molecule has 1 aromatic heterocycles. The molecular weight excluding hydrogens is 341 g/mol. The Morgan fingerprint density at radius 1 is 1.12 bits per heavy atom. The molecular formula is C17H10FN5OS. The van der Waals surface area contributed by atoms with E-state index in [9.17, 15) is 9.18 Å². The molecule has 25 heavy (non-hydrogen) atoms. The number of hydrazone groups is 1. The first-order valence-electron chi connectivity index (χ1n) is 7.28. The summed E-state index contributed by atoms with van der Waals surface area (Å²) in [5.41, 5.74) is 1.55. The first-order valence-corrected chi connectivity index (χ1v) is 8.10. The van der Waals surface area contributed by atoms with Crippen molar-refractivity contribution in [3.05, 3.63) is 71.3 Å². The summed E-state index contributed by atoms with van der Waals surface area (Å²) in [4.78, 5) is 20.3. The molecule has 1 aromatic carbocycles. The zero-order valence-electron chi connectivity index (χ0n) is 12.7. The van der Waals surface area contributed by atoms with E-state index >= 15 is 0 Å². The Kier molecular flexibility index (Phi) is 3.73. The number of nitrogens with one attached hydrogen (secondary N) is 1. The van der Waals surface area contributed by atoms with Gasteiger partial charge in [-0.1, -0.05) is 12.1 Å². The van der Waals surface area contributed by atoms with Gasteiger partial charge in [-0.3, -0.25) is 15.2 Å². The summed E-state index contributed by atoms with van der Waals surface area (Å²) in [6, 6.07) is 9.25. The monoisotopic (exact) mass is 351 g/mol. The van der Waals surface area contributed by atoms with Gasteiger partial charge in [0.05, 0.1) is 5.57 Å². The number of carbonyl (C=O) groups excluding carboxylic acids is 1. The summed E-state index contributed by atoms with van der Waals surface area (Å²) < 4.78 is 13.0. The molecule has 122 valence electrons. The molecule has 3 heterocycles. The number of pyridine rings is 1. The Balaban J connectivity index is 1.69. The van der Waals surface area contributed by atoms with E-state index in [-0.39, 0.29) is 17.2 Å². The van der Waals surface area contributed by atoms with Crippen molar-refractivity contribution in [1.82, 2.24) is 9.99 Å². The summed E-state index contributed by atoms with van der Waals surface area (Å²) in [5, 5.41) is 15.0. The van der Waals surface area contributed by atoms with Crippen LogP contribution in [-0.4, -0.2) is 31.9 Å². The minimum absolute atomic E-state index is 0.0594. The Bertz CT molecular complexity index is 966. The average Bonchev–Trinajstić information content (AvgIpc) is 3.05. The summed E-state index contributed by atoms with van der Waals surface area (Å²) >= 11 is 1.23. The molecule has 0 saturated carbocycles. The zero-order chi connectivity index (χ0) is 17.4. The van der Waals surface area contributed by atoms with Crippen LogP contribution in [0.4, 0.5) is 4.39 Å². The predicted octanol–water partition coefficient (Wildman–Crippen LogP) is 2.89. The van der Waals surface area contributed by atoms with E-state index in [4.69, 9.17) is 5.41 Å². The van der Waals surface area contributed by atoms with Crippen molar-refractivity contribution >= 4 is 39.8 Å². The molecule has 2 aromatic rings. The molecule has 1 amide bonds. The Hall–Kier alpha value is -3.13. The summed E-state index contributed by atoms with van der Waals surface area (Å²) in [7, 11) is 0. The number of hydrogen-bond acceptors (Lipinski definition) is 5. The SMILES string of the molecule is N=C1C(=Cc2ccc(F)cc2)C(=O)N=C2SC(c3ccncc3)=NN12. The van der Waals surface area contributed by atoms with Crippen molar-refractivity contribution in [3.63, 3.8) is 0 Å². The van der Waals surface area contributed by atoms with E-state index < -0.39 is 5.91 Å². The molecule has 6 nitrogen and oxygen atoms in total. The first-order chi connectivity index (χ1) is 12.1. The Morgan fingerprint density at radius 2 is 1.84 bits per heavy atom. The highest BCUT2D eigenvalue weighted by Crippen LogP contribution is 2.30. The third-order valence-electron chi connectivity index (χ3n) is 3.56. The number of amides is 1. The van der Waals surface area contributed by atoms with Crippen molar-refractivity contribution in [2.24, 2.45) is 10.1 Å². The molecule has 8 heteroatoms. The highest BCUT2D eigenvalue weighted by atomic mass is 32.2. The lowest BCUT2D eigenvalue weighted by molar-refractivity contribution is -0.114. The van der Waals surface area contributed by atoms with Gasteiger partial charge < -0.3 is 0 Å². The van der Waals surface area contributed by atoms with Gasteiger partial charge >= 0.3 is 0 Å². The molecule has 0 radical (unpaired) electrons. The maximum Gasteiger partial charge on any atom is 0.283 e. The van der Waals surface area contributed by atoms with Crippen LogP contribution in [0.3, 0.4) is 0 Å². The van der Waals surface area contributed by atoms with E-state index in [1.54, 1.807) is 24.5 Å². The smallest absolute Gasteiger partial charge is 0.282 e. The van der Waals surface area contributed by atoms with Crippen LogP contribution in [0.1, 0.15) is 11.1 Å². The summed E-state index contributed by atoms with van der Waals surface area (Å²) in [6.45, 7) is 0. The van der Waals surface area contributed by atoms with Gasteiger partial charge in [-0.05, 0) is 47.7 Å². The maximum absolute atomic E-state index is 13.0. The summed E-state index contributed by atoms with van der Waals surface area (Å²) in [6.07, 6.45) is 4.80. The van der Waals surface area contributed by atoms with Gasteiger partial charge in [0.2, 0.25) is 5.17 Å². The fourth-order valence-corrected chi connectivity index (χ4v) is 3.23. The number of fused-ring (bicyclic) bond motifs is 1. The molecule has 0 saturated heterocycles. The van der Waals surface area contributed by atoms with E-state index in [0.717, 1.165) is 5.56 Å². The van der Waals surface area contributed by atoms with Crippen LogP contribution in [0.15, 0.2) is 64.5 Å². The van der Waals surface area contributed by atoms with E-state index in [1.807, 2.05) is 0 Å². The molecule has 1 N–H and O–H groups in total. The van der Waals surface area contributed by atoms with Gasteiger partial charge in [-0.25, -0.2) is 4.39 Å². The molecule has 0 fully saturated rings. The highest BCUT2D eigenvalue weighted by molar-refractivity contribution is 8.27. The molecule has 2 aliphatic heterocycles. The first kappa shape index (κ1) is 15.4. The van der Waals surface area contributed by atoms with Gasteiger partial charge in [0, 0.05) is 18.0 Å². The zero-order valence-corrected chi connectivity index (χ0v) is 13.5. The van der Waals surface area contributed by atoms with Crippen molar-refractivity contribution in [2.45, 2.75) is 0 Å². The van der Waals surface area contributed by atoms with Crippen LogP contribution in [0.25, 0.3) is 6.08 Å². The van der Waals surface area contributed by atoms with Gasteiger partial charge in [-0.2, -0.15) is 15.1 Å². The van der Waals surface area contributed by atoms with Gasteiger partial charge in [0.1, 0.15) is 10.9 Å². The van der Waals surface area contributed by atoms with Gasteiger partial charge in [-0.15, -0.1) is 0 Å². The van der Waals surface area contributed by atoms with Crippen LogP contribution < -0.4 is 0 Å². The molecule has 0 unspecified atom stereocenters. The topological polar surface area (TPSA) is 81.8 Å². The van der Waals surface area contributed by atoms with Crippen molar-refractivity contribution < 1.29 is 9.18 Å². The molecule has 2 aliphatic rings. The third kappa shape index (κ3) is 2.87.